The SMILES string of the molecule is N=C(N)c1ccc(OCCCCN2CCC(CCCCCCN=C(N)N)CC2)cc1. The van der Waals surface area contributed by atoms with Crippen LogP contribution in [-0.4, -0.2) is 49.5 Å². The first kappa shape index (κ1) is 24.0. The Morgan fingerprint density at radius 2 is 1.67 bits per heavy atom. The number of nitrogens with one attached hydrogen (secondary N) is 1. The third-order valence-corrected chi connectivity index (χ3v) is 5.82. The van der Waals surface area contributed by atoms with Crippen LogP contribution in [0.15, 0.2) is 29.3 Å². The predicted molar refractivity (Wildman–Crippen MR) is 125 cm³/mol. The maximum absolute atomic E-state index is 7.41. The third-order valence-electron chi connectivity index (χ3n) is 5.82. The maximum Gasteiger partial charge on any atom is 0.185 e. The molecule has 1 aliphatic rings. The Hall–Kier alpha value is -2.28. The van der Waals surface area contributed by atoms with Crippen LogP contribution in [0.1, 0.15) is 63.4 Å². The van der Waals surface area contributed by atoms with Gasteiger partial charge in [-0.2, -0.15) is 0 Å². The van der Waals surface area contributed by atoms with Crippen molar-refractivity contribution in [3.63, 3.8) is 0 Å². The molecule has 1 fully saturated rings. The minimum absolute atomic E-state index is 0.0878. The summed E-state index contributed by atoms with van der Waals surface area (Å²) in [5.41, 5.74) is 16.9. The summed E-state index contributed by atoms with van der Waals surface area (Å²) in [5.74, 6) is 2.04. The van der Waals surface area contributed by atoms with Gasteiger partial charge in [0.1, 0.15) is 11.6 Å². The number of nitrogens with zero attached hydrogens (tertiary/aromatic N) is 2. The smallest absolute Gasteiger partial charge is 0.185 e. The fourth-order valence-corrected chi connectivity index (χ4v) is 3.96. The number of piperidine rings is 1. The number of hydrogen-bond acceptors (Lipinski definition) is 4. The first-order valence-electron chi connectivity index (χ1n) is 11.4. The minimum atomic E-state index is 0.0878. The molecule has 0 amide bonds. The van der Waals surface area contributed by atoms with Gasteiger partial charge in [-0.3, -0.25) is 10.4 Å². The molecule has 0 unspecified atom stereocenters. The Labute approximate surface area is 181 Å². The molecule has 0 aromatic heterocycles. The Morgan fingerprint density at radius 1 is 0.967 bits per heavy atom. The van der Waals surface area contributed by atoms with Gasteiger partial charge in [-0.1, -0.05) is 25.7 Å². The summed E-state index contributed by atoms with van der Waals surface area (Å²) in [5, 5.41) is 7.41. The minimum Gasteiger partial charge on any atom is -0.494 e. The Balaban J connectivity index is 1.44. The molecule has 1 saturated heterocycles. The molecule has 0 radical (unpaired) electrons. The van der Waals surface area contributed by atoms with Gasteiger partial charge in [0.2, 0.25) is 0 Å². The van der Waals surface area contributed by atoms with Crippen molar-refractivity contribution >= 4 is 11.8 Å². The molecule has 1 heterocycles. The van der Waals surface area contributed by atoms with E-state index in [0.29, 0.717) is 0 Å². The van der Waals surface area contributed by atoms with Gasteiger partial charge in [0.05, 0.1) is 6.61 Å². The van der Waals surface area contributed by atoms with Crippen LogP contribution >= 0.6 is 0 Å². The lowest BCUT2D eigenvalue weighted by atomic mass is 9.91. The number of amidine groups is 1. The van der Waals surface area contributed by atoms with E-state index in [9.17, 15) is 0 Å². The van der Waals surface area contributed by atoms with Crippen LogP contribution in [0, 0.1) is 11.3 Å². The van der Waals surface area contributed by atoms with Gasteiger partial charge in [-0.05, 0) is 81.9 Å². The van der Waals surface area contributed by atoms with Gasteiger partial charge in [0, 0.05) is 12.1 Å². The highest BCUT2D eigenvalue weighted by molar-refractivity contribution is 5.94. The van der Waals surface area contributed by atoms with Crippen molar-refractivity contribution in [1.29, 1.82) is 5.41 Å². The van der Waals surface area contributed by atoms with E-state index >= 15 is 0 Å². The van der Waals surface area contributed by atoms with Crippen LogP contribution in [0.2, 0.25) is 0 Å². The second-order valence-electron chi connectivity index (χ2n) is 8.29. The zero-order valence-corrected chi connectivity index (χ0v) is 18.3. The lowest BCUT2D eigenvalue weighted by Gasteiger charge is -2.32. The molecule has 0 bridgehead atoms. The van der Waals surface area contributed by atoms with Gasteiger partial charge in [0.15, 0.2) is 5.96 Å². The van der Waals surface area contributed by atoms with Crippen molar-refractivity contribution in [3.8, 4) is 5.75 Å². The highest BCUT2D eigenvalue weighted by Gasteiger charge is 2.18. The first-order chi connectivity index (χ1) is 14.5. The van der Waals surface area contributed by atoms with E-state index in [2.05, 4.69) is 9.89 Å². The van der Waals surface area contributed by atoms with Gasteiger partial charge in [0.25, 0.3) is 0 Å². The van der Waals surface area contributed by atoms with Crippen LogP contribution in [0.5, 0.6) is 5.75 Å². The fraction of sp³-hybridized carbons (Fsp3) is 0.652. The van der Waals surface area contributed by atoms with Crippen molar-refractivity contribution in [1.82, 2.24) is 4.90 Å². The van der Waals surface area contributed by atoms with Crippen molar-refractivity contribution in [3.05, 3.63) is 29.8 Å². The predicted octanol–water partition coefficient (Wildman–Crippen LogP) is 3.07. The van der Waals surface area contributed by atoms with Gasteiger partial charge < -0.3 is 26.8 Å². The molecular weight excluding hydrogens is 376 g/mol. The largest absolute Gasteiger partial charge is 0.494 e. The number of rotatable bonds is 14. The van der Waals surface area contributed by atoms with Crippen LogP contribution in [0.25, 0.3) is 0 Å². The average Bonchev–Trinajstić information content (AvgIpc) is 2.74. The summed E-state index contributed by atoms with van der Waals surface area (Å²) in [4.78, 5) is 6.63. The Morgan fingerprint density at radius 3 is 2.33 bits per heavy atom. The van der Waals surface area contributed by atoms with Crippen LogP contribution < -0.4 is 21.9 Å². The highest BCUT2D eigenvalue weighted by Crippen LogP contribution is 2.23. The molecule has 1 aliphatic heterocycles. The molecule has 168 valence electrons. The van der Waals surface area contributed by atoms with E-state index in [4.69, 9.17) is 27.3 Å². The van der Waals surface area contributed by atoms with Crippen LogP contribution in [-0.2, 0) is 0 Å². The summed E-state index contributed by atoms with van der Waals surface area (Å²) in [6, 6.07) is 7.42. The van der Waals surface area contributed by atoms with E-state index in [1.165, 1.54) is 64.6 Å². The maximum atomic E-state index is 7.41. The number of nitrogen functional groups attached to an aromatic ring is 1. The van der Waals surface area contributed by atoms with Crippen molar-refractivity contribution < 1.29 is 4.74 Å². The van der Waals surface area contributed by atoms with Crippen molar-refractivity contribution in [2.45, 2.75) is 57.8 Å². The van der Waals surface area contributed by atoms with Crippen LogP contribution in [0.3, 0.4) is 0 Å². The number of likely N-dealkylation sites (tertiary alicyclic amines) is 1. The number of guanidine groups is 1. The molecule has 0 spiro atoms. The normalized spacial score (nSPS) is 15.1. The molecule has 1 aromatic carbocycles. The molecule has 7 N–H and O–H groups in total. The molecule has 7 nitrogen and oxygen atoms in total. The summed E-state index contributed by atoms with van der Waals surface area (Å²) in [6.07, 6.45) is 11.2. The molecule has 0 saturated carbocycles. The quantitative estimate of drug-likeness (QED) is 0.211. The molecule has 7 heteroatoms. The average molecular weight is 417 g/mol. The third kappa shape index (κ3) is 9.96. The summed E-state index contributed by atoms with van der Waals surface area (Å²) >= 11 is 0. The molecule has 30 heavy (non-hydrogen) atoms. The zero-order chi connectivity index (χ0) is 21.6. The number of benzene rings is 1. The Kier molecular flexibility index (Phi) is 11.1. The van der Waals surface area contributed by atoms with E-state index in [-0.39, 0.29) is 11.8 Å². The molecule has 0 aliphatic carbocycles. The second kappa shape index (κ2) is 13.9. The molecule has 2 rings (SSSR count). The summed E-state index contributed by atoms with van der Waals surface area (Å²) in [7, 11) is 0. The topological polar surface area (TPSA) is 127 Å². The van der Waals surface area contributed by atoms with Gasteiger partial charge in [-0.15, -0.1) is 0 Å². The standard InChI is InChI=1S/C23H40N6O/c24-22(25)20-8-10-21(11-9-20)30-18-6-5-15-29-16-12-19(13-17-29)7-3-1-2-4-14-28-23(26)27/h8-11,19H,1-7,12-18H2,(H3,24,25)(H4,26,27,28). The van der Waals surface area contributed by atoms with Crippen molar-refractivity contribution in [2.75, 3.05) is 32.8 Å². The number of hydrogen-bond donors (Lipinski definition) is 4. The number of ether oxygens (including phenoxy) is 1. The Bertz CT molecular complexity index is 634. The fourth-order valence-electron chi connectivity index (χ4n) is 3.96. The molecule has 1 aromatic rings. The number of nitrogens with two attached hydrogens (primary N) is 3. The number of unbranched alkanes of at least 4 members (excludes halogenated alkanes) is 4. The molecule has 0 atom stereocenters. The first-order valence-corrected chi connectivity index (χ1v) is 11.4. The monoisotopic (exact) mass is 416 g/mol. The summed E-state index contributed by atoms with van der Waals surface area (Å²) < 4.78 is 5.79. The van der Waals surface area contributed by atoms with Crippen LogP contribution in [0.4, 0.5) is 0 Å². The lowest BCUT2D eigenvalue weighted by molar-refractivity contribution is 0.171. The van der Waals surface area contributed by atoms with Gasteiger partial charge in [-0.25, -0.2) is 0 Å². The van der Waals surface area contributed by atoms with Gasteiger partial charge >= 0.3 is 0 Å². The van der Waals surface area contributed by atoms with E-state index in [1.807, 2.05) is 24.3 Å². The lowest BCUT2D eigenvalue weighted by Crippen LogP contribution is -2.34. The van der Waals surface area contributed by atoms with E-state index in [1.54, 1.807) is 0 Å². The zero-order valence-electron chi connectivity index (χ0n) is 18.3. The van der Waals surface area contributed by atoms with E-state index < -0.39 is 0 Å². The van der Waals surface area contributed by atoms with E-state index in [0.717, 1.165) is 43.2 Å². The second-order valence-corrected chi connectivity index (χ2v) is 8.29. The van der Waals surface area contributed by atoms with Crippen molar-refractivity contribution in [2.24, 2.45) is 28.1 Å². The highest BCUT2D eigenvalue weighted by atomic mass is 16.5. The number of aliphatic imine (C=N–C) groups is 1. The molecular formula is C23H40N6O. The summed E-state index contributed by atoms with van der Waals surface area (Å²) in [6.45, 7) is 5.15.